The van der Waals surface area contributed by atoms with Crippen LogP contribution in [0, 0.1) is 6.07 Å². The van der Waals surface area contributed by atoms with E-state index in [0.29, 0.717) is 0 Å². The minimum Gasteiger partial charge on any atom is -0.534 e. The van der Waals surface area contributed by atoms with Crippen LogP contribution in [0.3, 0.4) is 0 Å². The molecule has 0 radical (unpaired) electrons. The second-order valence-corrected chi connectivity index (χ2v) is 1.43. The Labute approximate surface area is 67.4 Å². The van der Waals surface area contributed by atoms with Crippen molar-refractivity contribution in [2.75, 3.05) is 0 Å². The van der Waals surface area contributed by atoms with Gasteiger partial charge in [-0.15, -0.1) is 12.1 Å². The summed E-state index contributed by atoms with van der Waals surface area (Å²) in [4.78, 5) is 0. The molecule has 1 aromatic rings. The Morgan fingerprint density at radius 1 is 1.33 bits per heavy atom. The molecule has 0 aliphatic carbocycles. The summed E-state index contributed by atoms with van der Waals surface area (Å²) in [5.74, 6) is 0.0197. The van der Waals surface area contributed by atoms with Crippen molar-refractivity contribution in [3.8, 4) is 11.5 Å². The maximum absolute atomic E-state index is 8.63. The Balaban J connectivity index is 0.000000640. The molecule has 0 heterocycles. The number of phenols is 2. The third kappa shape index (κ3) is 2.52. The van der Waals surface area contributed by atoms with E-state index in [2.05, 4.69) is 6.07 Å². The van der Waals surface area contributed by atoms with E-state index in [1.54, 1.807) is 0 Å². The van der Waals surface area contributed by atoms with Gasteiger partial charge in [-0.05, 0) is 0 Å². The van der Waals surface area contributed by atoms with E-state index >= 15 is 0 Å². The van der Waals surface area contributed by atoms with Gasteiger partial charge in [0.05, 0.1) is 0 Å². The molecule has 0 spiro atoms. The van der Waals surface area contributed by atoms with Crippen LogP contribution >= 0.6 is 0 Å². The molecule has 0 bridgehead atoms. The monoisotopic (exact) mass is 293 g/mol. The molecular weight excluding hydrogens is 288 g/mol. The minimum atomic E-state index is -0.0370. The van der Waals surface area contributed by atoms with E-state index in [9.17, 15) is 0 Å². The van der Waals surface area contributed by atoms with Crippen LogP contribution < -0.4 is 0 Å². The van der Waals surface area contributed by atoms with Gasteiger partial charge in [0.2, 0.25) is 0 Å². The predicted molar refractivity (Wildman–Crippen MR) is 28.6 cm³/mol. The summed E-state index contributed by atoms with van der Waals surface area (Å²) in [7, 11) is 0. The van der Waals surface area contributed by atoms with Crippen molar-refractivity contribution in [1.82, 2.24) is 0 Å². The Kier molecular flexibility index (Phi) is 3.33. The van der Waals surface area contributed by atoms with E-state index in [4.69, 9.17) is 10.2 Å². The van der Waals surface area contributed by atoms with E-state index in [-0.39, 0.29) is 32.6 Å². The fraction of sp³-hybridized carbons (Fsp3) is 0. The van der Waals surface area contributed by atoms with Crippen molar-refractivity contribution in [1.29, 1.82) is 0 Å². The molecule has 0 saturated heterocycles. The third-order valence-corrected chi connectivity index (χ3v) is 0.770. The molecule has 1 aromatic carbocycles. The number of rotatable bonds is 0. The second-order valence-electron chi connectivity index (χ2n) is 1.43. The molecule has 1 rings (SSSR count). The fourth-order valence-electron chi connectivity index (χ4n) is 0.442. The number of benzene rings is 1. The van der Waals surface area contributed by atoms with Crippen molar-refractivity contribution >= 4 is 0 Å². The first-order valence-corrected chi connectivity index (χ1v) is 2.19. The topological polar surface area (TPSA) is 40.5 Å². The molecule has 0 saturated carbocycles. The van der Waals surface area contributed by atoms with Gasteiger partial charge in [0.1, 0.15) is 0 Å². The first-order valence-electron chi connectivity index (χ1n) is 2.19. The number of hydrogen-bond donors (Lipinski definition) is 2. The summed E-state index contributed by atoms with van der Waals surface area (Å²) in [6.07, 6.45) is 0. The molecule has 0 amide bonds. The van der Waals surface area contributed by atoms with Gasteiger partial charge in [0.15, 0.2) is 0 Å². The van der Waals surface area contributed by atoms with Crippen LogP contribution in [0.4, 0.5) is 0 Å². The summed E-state index contributed by atoms with van der Waals surface area (Å²) in [5, 5.41) is 17.2. The van der Waals surface area contributed by atoms with Crippen LogP contribution in [0.5, 0.6) is 11.5 Å². The fourth-order valence-corrected chi connectivity index (χ4v) is 0.442. The van der Waals surface area contributed by atoms with Crippen LogP contribution in [0.2, 0.25) is 0 Å². The third-order valence-electron chi connectivity index (χ3n) is 0.770. The van der Waals surface area contributed by atoms with Crippen LogP contribution in [0.25, 0.3) is 0 Å². The van der Waals surface area contributed by atoms with Crippen molar-refractivity contribution in [2.24, 2.45) is 0 Å². The molecular formula is C6H5O2W-. The first-order chi connectivity index (χ1) is 3.79. The number of hydrogen-bond acceptors (Lipinski definition) is 2. The number of aromatic hydroxyl groups is 2. The van der Waals surface area contributed by atoms with Gasteiger partial charge in [-0.2, -0.15) is 6.07 Å². The molecule has 0 aromatic heterocycles. The molecule has 0 aliphatic heterocycles. The SMILES string of the molecule is Oc1[c-]ccc(O)c1.[W]. The largest absolute Gasteiger partial charge is 0.534 e. The molecule has 2 N–H and O–H groups in total. The van der Waals surface area contributed by atoms with Crippen LogP contribution in [0.15, 0.2) is 18.2 Å². The first kappa shape index (κ1) is 8.51. The summed E-state index contributed by atoms with van der Waals surface area (Å²) in [6.45, 7) is 0. The molecule has 0 fully saturated rings. The second kappa shape index (κ2) is 3.52. The van der Waals surface area contributed by atoms with Gasteiger partial charge in [0.25, 0.3) is 0 Å². The van der Waals surface area contributed by atoms with Gasteiger partial charge in [-0.25, -0.2) is 0 Å². The summed E-state index contributed by atoms with van der Waals surface area (Å²) in [5.41, 5.74) is 0. The van der Waals surface area contributed by atoms with Crippen LogP contribution in [0.1, 0.15) is 0 Å². The zero-order valence-electron chi connectivity index (χ0n) is 4.53. The van der Waals surface area contributed by atoms with E-state index in [0.717, 1.165) is 0 Å². The molecule has 3 heteroatoms. The zero-order valence-corrected chi connectivity index (χ0v) is 7.47. The van der Waals surface area contributed by atoms with Crippen LogP contribution in [-0.4, -0.2) is 10.2 Å². The van der Waals surface area contributed by atoms with Gasteiger partial charge >= 0.3 is 0 Å². The minimum absolute atomic E-state index is 0. The smallest absolute Gasteiger partial charge is 0.0117 e. The Morgan fingerprint density at radius 3 is 2.33 bits per heavy atom. The van der Waals surface area contributed by atoms with Gasteiger partial charge in [0, 0.05) is 32.6 Å². The van der Waals surface area contributed by atoms with Gasteiger partial charge in [-0.3, -0.25) is 0 Å². The molecule has 0 atom stereocenters. The van der Waals surface area contributed by atoms with Gasteiger partial charge < -0.3 is 10.2 Å². The molecule has 0 unspecified atom stereocenters. The quantitative estimate of drug-likeness (QED) is 0.698. The van der Waals surface area contributed by atoms with Crippen molar-refractivity contribution in [3.63, 3.8) is 0 Å². The Hall–Kier alpha value is -0.492. The van der Waals surface area contributed by atoms with Crippen LogP contribution in [-0.2, 0) is 21.1 Å². The van der Waals surface area contributed by atoms with Gasteiger partial charge in [-0.1, -0.05) is 6.07 Å². The Bertz CT molecular complexity index is 171. The predicted octanol–water partition coefficient (Wildman–Crippen LogP) is 0.895. The average Bonchev–Trinajstić information content (AvgIpc) is 1.64. The summed E-state index contributed by atoms with van der Waals surface area (Å²) < 4.78 is 0. The summed E-state index contributed by atoms with van der Waals surface area (Å²) >= 11 is 0. The normalized spacial score (nSPS) is 8.00. The van der Waals surface area contributed by atoms with E-state index in [1.807, 2.05) is 0 Å². The summed E-state index contributed by atoms with van der Waals surface area (Å²) in [6, 6.07) is 6.58. The average molecular weight is 293 g/mol. The molecule has 2 nitrogen and oxygen atoms in total. The van der Waals surface area contributed by atoms with E-state index in [1.165, 1.54) is 18.2 Å². The van der Waals surface area contributed by atoms with Crippen molar-refractivity contribution < 1.29 is 31.3 Å². The maximum atomic E-state index is 8.63. The zero-order chi connectivity index (χ0) is 5.98. The molecule has 0 aliphatic rings. The molecule has 48 valence electrons. The van der Waals surface area contributed by atoms with Crippen molar-refractivity contribution in [2.45, 2.75) is 0 Å². The maximum Gasteiger partial charge on any atom is 0.0117 e. The molecule has 9 heavy (non-hydrogen) atoms. The van der Waals surface area contributed by atoms with Crippen molar-refractivity contribution in [3.05, 3.63) is 24.3 Å². The van der Waals surface area contributed by atoms with E-state index < -0.39 is 0 Å². The Morgan fingerprint density at radius 2 is 2.00 bits per heavy atom. The number of phenolic OH excluding ortho intramolecular Hbond substituents is 2. The standard InChI is InChI=1S/C6H5O2.W/c7-5-2-1-3-6(8)4-5;/h1-2,4,7-8H;/q-1;.